The van der Waals surface area contributed by atoms with Crippen LogP contribution < -0.4 is 10.5 Å². The van der Waals surface area contributed by atoms with Gasteiger partial charge >= 0.3 is 5.76 Å². The Morgan fingerprint density at radius 3 is 2.45 bits per heavy atom. The summed E-state index contributed by atoms with van der Waals surface area (Å²) in [6.45, 7) is 6.96. The summed E-state index contributed by atoms with van der Waals surface area (Å²) in [5.74, 6) is 0.0407. The summed E-state index contributed by atoms with van der Waals surface area (Å²) >= 11 is 12.6. The van der Waals surface area contributed by atoms with Gasteiger partial charge in [-0.15, -0.1) is 0 Å². The second-order valence-electron chi connectivity index (χ2n) is 7.94. The number of hydrogen-bond donors (Lipinski definition) is 0. The van der Waals surface area contributed by atoms with E-state index in [4.69, 9.17) is 41.8 Å². The molecule has 0 unspecified atom stereocenters. The molecule has 1 aromatic heterocycles. The van der Waals surface area contributed by atoms with Gasteiger partial charge in [-0.25, -0.2) is 9.36 Å². The van der Waals surface area contributed by atoms with Crippen LogP contribution in [0.3, 0.4) is 0 Å². The van der Waals surface area contributed by atoms with Crippen LogP contribution in [0, 0.1) is 0 Å². The van der Waals surface area contributed by atoms with Gasteiger partial charge in [-0.05, 0) is 24.3 Å². The molecule has 31 heavy (non-hydrogen) atoms. The van der Waals surface area contributed by atoms with Crippen molar-refractivity contribution in [3.05, 3.63) is 69.0 Å². The van der Waals surface area contributed by atoms with Gasteiger partial charge in [-0.1, -0.05) is 50.0 Å². The largest absolute Gasteiger partial charge is 0.467 e. The number of ether oxygens (including phenoxy) is 3. The molecule has 3 aromatic rings. The Balaban J connectivity index is 2.11. The van der Waals surface area contributed by atoms with Crippen molar-refractivity contribution in [2.45, 2.75) is 26.2 Å². The van der Waals surface area contributed by atoms with Crippen molar-refractivity contribution in [1.29, 1.82) is 0 Å². The number of oxazole rings is 1. The van der Waals surface area contributed by atoms with E-state index in [1.165, 1.54) is 6.26 Å². The zero-order valence-corrected chi connectivity index (χ0v) is 19.4. The minimum Gasteiger partial charge on any atom is -0.467 e. The molecule has 8 heteroatoms. The van der Waals surface area contributed by atoms with E-state index >= 15 is 0 Å². The normalized spacial score (nSPS) is 11.7. The number of benzene rings is 2. The maximum absolute atomic E-state index is 12.7. The quantitative estimate of drug-likeness (QED) is 0.315. The predicted molar refractivity (Wildman–Crippen MR) is 122 cm³/mol. The Morgan fingerprint density at radius 1 is 1.03 bits per heavy atom. The minimum atomic E-state index is -0.496. The fraction of sp³-hybridized carbons (Fsp3) is 0.348. The smallest absolute Gasteiger partial charge is 0.423 e. The average Bonchev–Trinajstić information content (AvgIpc) is 3.10. The van der Waals surface area contributed by atoms with E-state index in [1.54, 1.807) is 35.9 Å². The fourth-order valence-corrected chi connectivity index (χ4v) is 3.59. The first-order valence-corrected chi connectivity index (χ1v) is 10.5. The fourth-order valence-electron chi connectivity index (χ4n) is 3.08. The van der Waals surface area contributed by atoms with Crippen molar-refractivity contribution in [3.63, 3.8) is 0 Å². The molecule has 0 spiro atoms. The SMILES string of the molecule is COCCOCOc1ccc(-c2ccc(Cl)cc2Cl)c(-n2c(C(C)(C)C)coc2=O)c1. The lowest BCUT2D eigenvalue weighted by atomic mass is 9.92. The molecule has 0 saturated carbocycles. The van der Waals surface area contributed by atoms with Crippen LogP contribution in [0.1, 0.15) is 26.5 Å². The molecular weight excluding hydrogens is 441 g/mol. The topological polar surface area (TPSA) is 62.8 Å². The molecule has 6 nitrogen and oxygen atoms in total. The third-order valence-corrected chi connectivity index (χ3v) is 5.18. The Hall–Kier alpha value is -2.25. The van der Waals surface area contributed by atoms with Crippen molar-refractivity contribution in [1.82, 2.24) is 4.57 Å². The second-order valence-corrected chi connectivity index (χ2v) is 8.78. The lowest BCUT2D eigenvalue weighted by Crippen LogP contribution is -2.23. The highest BCUT2D eigenvalue weighted by molar-refractivity contribution is 6.36. The van der Waals surface area contributed by atoms with Gasteiger partial charge in [-0.2, -0.15) is 0 Å². The molecule has 2 aromatic carbocycles. The van der Waals surface area contributed by atoms with E-state index in [-0.39, 0.29) is 12.2 Å². The summed E-state index contributed by atoms with van der Waals surface area (Å²) < 4.78 is 22.9. The third kappa shape index (κ3) is 5.52. The first kappa shape index (κ1) is 23.4. The van der Waals surface area contributed by atoms with Crippen LogP contribution in [-0.4, -0.2) is 31.7 Å². The van der Waals surface area contributed by atoms with Gasteiger partial charge in [-0.3, -0.25) is 0 Å². The molecule has 0 N–H and O–H groups in total. The van der Waals surface area contributed by atoms with Gasteiger partial charge in [0.1, 0.15) is 12.0 Å². The summed E-state index contributed by atoms with van der Waals surface area (Å²) in [7, 11) is 1.60. The van der Waals surface area contributed by atoms with Crippen LogP contribution in [0.4, 0.5) is 0 Å². The molecule has 0 saturated heterocycles. The minimum absolute atomic E-state index is 0.0518. The van der Waals surface area contributed by atoms with Gasteiger partial charge in [0.15, 0.2) is 6.79 Å². The third-order valence-electron chi connectivity index (χ3n) is 4.64. The van der Waals surface area contributed by atoms with E-state index in [0.717, 1.165) is 16.8 Å². The molecule has 0 aliphatic heterocycles. The van der Waals surface area contributed by atoms with Gasteiger partial charge in [0.25, 0.3) is 0 Å². The maximum Gasteiger partial charge on any atom is 0.423 e. The predicted octanol–water partition coefficient (Wildman–Crippen LogP) is 5.70. The standard InChI is InChI=1S/C23H25Cl2NO5/c1-23(2,3)21-13-30-22(27)26(21)20-12-16(31-14-29-10-9-28-4)6-8-18(20)17-7-5-15(24)11-19(17)25/h5-8,11-13H,9-10,14H2,1-4H3. The molecule has 0 aliphatic carbocycles. The van der Waals surface area contributed by atoms with Gasteiger partial charge in [0, 0.05) is 39.8 Å². The molecule has 0 bridgehead atoms. The van der Waals surface area contributed by atoms with Gasteiger partial charge < -0.3 is 18.6 Å². The van der Waals surface area contributed by atoms with Gasteiger partial charge in [0.2, 0.25) is 0 Å². The Kier molecular flexibility index (Phi) is 7.49. The molecule has 0 atom stereocenters. The first-order valence-electron chi connectivity index (χ1n) is 9.72. The molecule has 0 aliphatic rings. The Morgan fingerprint density at radius 2 is 1.77 bits per heavy atom. The molecule has 0 radical (unpaired) electrons. The van der Waals surface area contributed by atoms with Crippen LogP contribution in [-0.2, 0) is 14.9 Å². The van der Waals surface area contributed by atoms with Crippen LogP contribution in [0.15, 0.2) is 51.9 Å². The highest BCUT2D eigenvalue weighted by Gasteiger charge is 2.25. The number of aromatic nitrogens is 1. The van der Waals surface area contributed by atoms with Crippen molar-refractivity contribution < 1.29 is 18.6 Å². The second kappa shape index (κ2) is 9.92. The summed E-state index contributed by atoms with van der Waals surface area (Å²) in [4.78, 5) is 12.7. The van der Waals surface area contributed by atoms with E-state index < -0.39 is 5.76 Å². The highest BCUT2D eigenvalue weighted by atomic mass is 35.5. The molecule has 3 rings (SSSR count). The summed E-state index contributed by atoms with van der Waals surface area (Å²) in [5.41, 5.74) is 2.44. The molecule has 166 valence electrons. The Labute approximate surface area is 191 Å². The lowest BCUT2D eigenvalue weighted by Gasteiger charge is -2.21. The van der Waals surface area contributed by atoms with Crippen molar-refractivity contribution in [2.24, 2.45) is 0 Å². The van der Waals surface area contributed by atoms with Gasteiger partial charge in [0.05, 0.1) is 24.6 Å². The van der Waals surface area contributed by atoms with Crippen molar-refractivity contribution in [3.8, 4) is 22.6 Å². The highest BCUT2D eigenvalue weighted by Crippen LogP contribution is 2.37. The number of nitrogens with zero attached hydrogens (tertiary/aromatic N) is 1. The Bertz CT molecular complexity index is 1100. The van der Waals surface area contributed by atoms with Crippen LogP contribution >= 0.6 is 23.2 Å². The summed E-state index contributed by atoms with van der Waals surface area (Å²) in [5, 5.41) is 0.999. The molecule has 1 heterocycles. The molecule has 0 fully saturated rings. The van der Waals surface area contributed by atoms with Crippen molar-refractivity contribution >= 4 is 23.2 Å². The van der Waals surface area contributed by atoms with Crippen LogP contribution in [0.25, 0.3) is 16.8 Å². The number of rotatable bonds is 8. The van der Waals surface area contributed by atoms with Crippen LogP contribution in [0.2, 0.25) is 10.0 Å². The lowest BCUT2D eigenvalue weighted by molar-refractivity contribution is -0.00846. The number of methoxy groups -OCH3 is 1. The maximum atomic E-state index is 12.7. The zero-order valence-electron chi connectivity index (χ0n) is 17.9. The van der Waals surface area contributed by atoms with E-state index in [1.807, 2.05) is 32.9 Å². The summed E-state index contributed by atoms with van der Waals surface area (Å²) in [6, 6.07) is 10.7. The van der Waals surface area contributed by atoms with E-state index in [2.05, 4.69) is 0 Å². The number of hydrogen-bond acceptors (Lipinski definition) is 5. The monoisotopic (exact) mass is 465 g/mol. The molecular formula is C23H25Cl2NO5. The average molecular weight is 466 g/mol. The van der Waals surface area contributed by atoms with E-state index in [0.29, 0.717) is 34.7 Å². The van der Waals surface area contributed by atoms with Crippen LogP contribution in [0.5, 0.6) is 5.75 Å². The summed E-state index contributed by atoms with van der Waals surface area (Å²) in [6.07, 6.45) is 1.48. The van der Waals surface area contributed by atoms with E-state index in [9.17, 15) is 4.79 Å². The number of halogens is 2. The first-order chi connectivity index (χ1) is 14.7. The molecule has 0 amide bonds. The van der Waals surface area contributed by atoms with Crippen molar-refractivity contribution in [2.75, 3.05) is 27.1 Å². The zero-order chi connectivity index (χ0) is 22.6.